The molecule has 0 bridgehead atoms. The molecule has 1 unspecified atom stereocenters. The lowest BCUT2D eigenvalue weighted by molar-refractivity contribution is -0.140. The molecule has 1 aliphatic rings. The molecule has 0 amide bonds. The summed E-state index contributed by atoms with van der Waals surface area (Å²) in [6.07, 6.45) is 0. The number of nitrogens with zero attached hydrogens (tertiary/aromatic N) is 4. The van der Waals surface area contributed by atoms with E-state index in [9.17, 15) is 9.18 Å². The topological polar surface area (TPSA) is 81.9 Å². The molecule has 0 spiro atoms. The van der Waals surface area contributed by atoms with Gasteiger partial charge in [-0.25, -0.2) is 9.18 Å². The predicted molar refractivity (Wildman–Crippen MR) is 94.9 cm³/mol. The highest BCUT2D eigenvalue weighted by Gasteiger charge is 2.35. The number of rotatable bonds is 4. The van der Waals surface area contributed by atoms with Gasteiger partial charge in [0.2, 0.25) is 5.95 Å². The van der Waals surface area contributed by atoms with Gasteiger partial charge in [-0.1, -0.05) is 47.6 Å². The van der Waals surface area contributed by atoms with Gasteiger partial charge in [-0.15, -0.1) is 0 Å². The number of allylic oxidation sites excluding steroid dienone is 1. The molecular formula is C19H16FN5O2. The average molecular weight is 365 g/mol. The molecule has 136 valence electrons. The van der Waals surface area contributed by atoms with E-state index in [-0.39, 0.29) is 6.61 Å². The minimum Gasteiger partial charge on any atom is -0.457 e. The number of hydrogen-bond donors (Lipinski definition) is 1. The Morgan fingerprint density at radius 3 is 2.81 bits per heavy atom. The number of halogens is 1. The van der Waals surface area contributed by atoms with Gasteiger partial charge < -0.3 is 10.1 Å². The fourth-order valence-electron chi connectivity index (χ4n) is 3.06. The smallest absolute Gasteiger partial charge is 0.338 e. The van der Waals surface area contributed by atoms with E-state index in [1.807, 2.05) is 30.3 Å². The van der Waals surface area contributed by atoms with Gasteiger partial charge in [-0.2, -0.15) is 4.68 Å². The van der Waals surface area contributed by atoms with Gasteiger partial charge in [0.15, 0.2) is 0 Å². The quantitative estimate of drug-likeness (QED) is 0.716. The van der Waals surface area contributed by atoms with Crippen LogP contribution in [0.25, 0.3) is 0 Å². The van der Waals surface area contributed by atoms with Crippen LogP contribution in [0.5, 0.6) is 0 Å². The summed E-state index contributed by atoms with van der Waals surface area (Å²) in [5.74, 6) is -0.545. The molecule has 0 fully saturated rings. The van der Waals surface area contributed by atoms with E-state index in [2.05, 4.69) is 20.8 Å². The molecule has 0 saturated heterocycles. The third-order valence-electron chi connectivity index (χ3n) is 4.31. The summed E-state index contributed by atoms with van der Waals surface area (Å²) in [5, 5.41) is 14.5. The molecule has 7 nitrogen and oxygen atoms in total. The molecule has 0 radical (unpaired) electrons. The molecular weight excluding hydrogens is 349 g/mol. The van der Waals surface area contributed by atoms with Crippen LogP contribution in [0.15, 0.2) is 65.9 Å². The van der Waals surface area contributed by atoms with Crippen LogP contribution in [0.1, 0.15) is 24.1 Å². The van der Waals surface area contributed by atoms with Crippen molar-refractivity contribution >= 4 is 11.9 Å². The first kappa shape index (κ1) is 16.9. The van der Waals surface area contributed by atoms with Crippen LogP contribution < -0.4 is 5.32 Å². The first-order valence-electron chi connectivity index (χ1n) is 8.35. The van der Waals surface area contributed by atoms with Gasteiger partial charge in [0, 0.05) is 5.70 Å². The lowest BCUT2D eigenvalue weighted by Gasteiger charge is -2.27. The van der Waals surface area contributed by atoms with Crippen molar-refractivity contribution in [1.82, 2.24) is 20.2 Å². The molecule has 1 atom stereocenters. The molecule has 1 aromatic heterocycles. The number of anilines is 1. The van der Waals surface area contributed by atoms with E-state index in [1.54, 1.807) is 19.1 Å². The zero-order valence-electron chi connectivity index (χ0n) is 14.5. The Morgan fingerprint density at radius 1 is 1.22 bits per heavy atom. The maximum absolute atomic E-state index is 13.8. The van der Waals surface area contributed by atoms with Gasteiger partial charge >= 0.3 is 5.97 Å². The summed E-state index contributed by atoms with van der Waals surface area (Å²) in [6, 6.07) is 14.7. The fourth-order valence-corrected chi connectivity index (χ4v) is 3.06. The van der Waals surface area contributed by atoms with E-state index in [0.29, 0.717) is 22.8 Å². The highest BCUT2D eigenvalue weighted by atomic mass is 19.1. The number of hydrogen-bond acceptors (Lipinski definition) is 6. The summed E-state index contributed by atoms with van der Waals surface area (Å²) < 4.78 is 20.8. The first-order valence-corrected chi connectivity index (χ1v) is 8.35. The first-order chi connectivity index (χ1) is 13.1. The van der Waals surface area contributed by atoms with Crippen molar-refractivity contribution in [1.29, 1.82) is 0 Å². The normalized spacial score (nSPS) is 15.9. The van der Waals surface area contributed by atoms with Crippen LogP contribution in [-0.2, 0) is 16.1 Å². The van der Waals surface area contributed by atoms with E-state index < -0.39 is 17.8 Å². The van der Waals surface area contributed by atoms with Crippen LogP contribution in [0.4, 0.5) is 10.3 Å². The molecule has 3 aromatic rings. The second-order valence-corrected chi connectivity index (χ2v) is 6.13. The number of carbonyl (C=O) groups excluding carboxylic acids is 1. The number of ether oxygens (including phenoxy) is 1. The van der Waals surface area contributed by atoms with Gasteiger partial charge in [-0.05, 0) is 40.6 Å². The number of aromatic nitrogens is 4. The van der Waals surface area contributed by atoms with Crippen LogP contribution in [0.3, 0.4) is 0 Å². The van der Waals surface area contributed by atoms with Crippen molar-refractivity contribution in [2.75, 3.05) is 5.32 Å². The average Bonchev–Trinajstić information content (AvgIpc) is 3.13. The Bertz CT molecular complexity index is 1020. The Balaban J connectivity index is 1.69. The third-order valence-corrected chi connectivity index (χ3v) is 4.31. The highest BCUT2D eigenvalue weighted by molar-refractivity contribution is 5.92. The molecule has 27 heavy (non-hydrogen) atoms. The molecule has 0 saturated carbocycles. The Morgan fingerprint density at radius 2 is 2.04 bits per heavy atom. The van der Waals surface area contributed by atoms with Crippen molar-refractivity contribution in [2.24, 2.45) is 0 Å². The summed E-state index contributed by atoms with van der Waals surface area (Å²) in [7, 11) is 0. The summed E-state index contributed by atoms with van der Waals surface area (Å²) >= 11 is 0. The van der Waals surface area contributed by atoms with Crippen molar-refractivity contribution in [3.8, 4) is 0 Å². The molecule has 0 aliphatic carbocycles. The minimum absolute atomic E-state index is 0.134. The minimum atomic E-state index is -0.685. The van der Waals surface area contributed by atoms with Crippen molar-refractivity contribution < 1.29 is 13.9 Å². The lowest BCUT2D eigenvalue weighted by atomic mass is 9.96. The highest BCUT2D eigenvalue weighted by Crippen LogP contribution is 2.35. The van der Waals surface area contributed by atoms with Crippen LogP contribution >= 0.6 is 0 Å². The molecule has 1 N–H and O–H groups in total. The molecule has 1 aliphatic heterocycles. The number of esters is 1. The number of nitrogens with one attached hydrogen (secondary N) is 1. The second-order valence-electron chi connectivity index (χ2n) is 6.13. The molecule has 2 aromatic carbocycles. The van der Waals surface area contributed by atoms with Crippen LogP contribution in [0, 0.1) is 5.82 Å². The van der Waals surface area contributed by atoms with Gasteiger partial charge in [0.25, 0.3) is 0 Å². The van der Waals surface area contributed by atoms with Gasteiger partial charge in [0.05, 0.1) is 5.57 Å². The summed E-state index contributed by atoms with van der Waals surface area (Å²) in [4.78, 5) is 12.9. The van der Waals surface area contributed by atoms with E-state index in [4.69, 9.17) is 4.74 Å². The van der Waals surface area contributed by atoms with Gasteiger partial charge in [-0.3, -0.25) is 0 Å². The Hall–Kier alpha value is -3.55. The number of benzene rings is 2. The van der Waals surface area contributed by atoms with E-state index in [1.165, 1.54) is 16.8 Å². The van der Waals surface area contributed by atoms with E-state index >= 15 is 0 Å². The molecule has 8 heteroatoms. The maximum atomic E-state index is 13.8. The van der Waals surface area contributed by atoms with Gasteiger partial charge in [0.1, 0.15) is 18.5 Å². The van der Waals surface area contributed by atoms with E-state index in [0.717, 1.165) is 5.56 Å². The van der Waals surface area contributed by atoms with Crippen molar-refractivity contribution in [3.05, 3.63) is 82.8 Å². The standard InChI is InChI=1S/C19H16FN5O2/c1-12-16(18(26)27-11-13-6-3-2-4-7-13)17(14-8-5-9-15(20)10-14)25-19(21-12)22-23-24-25/h2-10,17H,11H2,1H3,(H,21,22,24). The summed E-state index contributed by atoms with van der Waals surface area (Å²) in [6.45, 7) is 1.87. The Kier molecular flexibility index (Phi) is 4.37. The zero-order valence-corrected chi connectivity index (χ0v) is 14.5. The van der Waals surface area contributed by atoms with Crippen molar-refractivity contribution in [3.63, 3.8) is 0 Å². The molecule has 2 heterocycles. The largest absolute Gasteiger partial charge is 0.457 e. The molecule has 4 rings (SSSR count). The monoisotopic (exact) mass is 365 g/mol. The lowest BCUT2D eigenvalue weighted by Crippen LogP contribution is -2.29. The third kappa shape index (κ3) is 3.29. The number of carbonyl (C=O) groups is 1. The SMILES string of the molecule is CC1=C(C(=O)OCc2ccccc2)C(c2cccc(F)c2)n2nnnc2N1. The van der Waals surface area contributed by atoms with Crippen LogP contribution in [-0.4, -0.2) is 26.2 Å². The number of tetrazole rings is 1. The predicted octanol–water partition coefficient (Wildman–Crippen LogP) is 2.84. The number of fused-ring (bicyclic) bond motifs is 1. The second kappa shape index (κ2) is 6.99. The summed E-state index contributed by atoms with van der Waals surface area (Å²) in [5.41, 5.74) is 2.32. The van der Waals surface area contributed by atoms with Crippen LogP contribution in [0.2, 0.25) is 0 Å². The fraction of sp³-hybridized carbons (Fsp3) is 0.158. The Labute approximate surface area is 154 Å². The maximum Gasteiger partial charge on any atom is 0.338 e. The van der Waals surface area contributed by atoms with Crippen molar-refractivity contribution in [2.45, 2.75) is 19.6 Å². The zero-order chi connectivity index (χ0) is 18.8.